The Morgan fingerprint density at radius 3 is 2.50 bits per heavy atom. The lowest BCUT2D eigenvalue weighted by molar-refractivity contribution is -0.129. The van der Waals surface area contributed by atoms with Crippen molar-refractivity contribution in [2.24, 2.45) is 5.41 Å². The van der Waals surface area contributed by atoms with Crippen LogP contribution in [0.1, 0.15) is 37.8 Å². The molecule has 130 valence electrons. The highest BCUT2D eigenvalue weighted by Crippen LogP contribution is 2.38. The first-order valence-electron chi connectivity index (χ1n) is 8.28. The first-order valence-corrected chi connectivity index (χ1v) is 8.28. The molecule has 3 N–H and O–H groups in total. The second kappa shape index (κ2) is 7.47. The molecule has 1 atom stereocenters. The van der Waals surface area contributed by atoms with Crippen LogP contribution in [0.4, 0.5) is 5.69 Å². The Morgan fingerprint density at radius 2 is 1.83 bits per heavy atom. The van der Waals surface area contributed by atoms with Gasteiger partial charge in [-0.25, -0.2) is 0 Å². The maximum Gasteiger partial charge on any atom is 0.243 e. The summed E-state index contributed by atoms with van der Waals surface area (Å²) in [6.45, 7) is 3.83. The number of carbonyl (C=O) groups is 3. The van der Waals surface area contributed by atoms with E-state index in [0.29, 0.717) is 24.9 Å². The minimum absolute atomic E-state index is 0.0305. The summed E-state index contributed by atoms with van der Waals surface area (Å²) in [5.41, 5.74) is 2.46. The van der Waals surface area contributed by atoms with E-state index in [1.54, 1.807) is 7.05 Å². The molecule has 2 rings (SSSR count). The van der Waals surface area contributed by atoms with E-state index < -0.39 is 5.41 Å². The average molecular weight is 331 g/mol. The minimum Gasteiger partial charge on any atom is -0.359 e. The molecule has 6 heteroatoms. The Balaban J connectivity index is 1.96. The number of carbonyl (C=O) groups excluding carboxylic acids is 3. The largest absolute Gasteiger partial charge is 0.359 e. The van der Waals surface area contributed by atoms with Gasteiger partial charge in [0, 0.05) is 19.2 Å². The van der Waals surface area contributed by atoms with Gasteiger partial charge in [-0.2, -0.15) is 0 Å². The van der Waals surface area contributed by atoms with Gasteiger partial charge < -0.3 is 16.0 Å². The fraction of sp³-hybridized carbons (Fsp3) is 0.500. The monoisotopic (exact) mass is 331 g/mol. The van der Waals surface area contributed by atoms with E-state index in [9.17, 15) is 14.4 Å². The maximum atomic E-state index is 12.0. The summed E-state index contributed by atoms with van der Waals surface area (Å²) >= 11 is 0. The molecule has 0 heterocycles. The molecular weight excluding hydrogens is 306 g/mol. The lowest BCUT2D eigenvalue weighted by Crippen LogP contribution is -2.37. The Kier molecular flexibility index (Phi) is 5.59. The number of anilines is 1. The van der Waals surface area contributed by atoms with Crippen LogP contribution in [0.15, 0.2) is 18.2 Å². The van der Waals surface area contributed by atoms with Crippen molar-refractivity contribution in [1.29, 1.82) is 0 Å². The van der Waals surface area contributed by atoms with E-state index in [4.69, 9.17) is 0 Å². The van der Waals surface area contributed by atoms with Crippen molar-refractivity contribution in [1.82, 2.24) is 10.6 Å². The normalized spacial score (nSPS) is 18.6. The van der Waals surface area contributed by atoms with E-state index in [-0.39, 0.29) is 24.3 Å². The van der Waals surface area contributed by atoms with Gasteiger partial charge in [0.2, 0.25) is 17.7 Å². The average Bonchev–Trinajstić information content (AvgIpc) is 2.89. The lowest BCUT2D eigenvalue weighted by atomic mass is 9.86. The van der Waals surface area contributed by atoms with E-state index >= 15 is 0 Å². The highest BCUT2D eigenvalue weighted by molar-refractivity contribution is 5.94. The van der Waals surface area contributed by atoms with E-state index in [1.807, 2.05) is 32.0 Å². The highest BCUT2D eigenvalue weighted by atomic mass is 16.2. The summed E-state index contributed by atoms with van der Waals surface area (Å²) in [6.07, 6.45) is 2.52. The van der Waals surface area contributed by atoms with Crippen LogP contribution in [-0.2, 0) is 27.2 Å². The molecule has 3 amide bonds. The zero-order valence-electron chi connectivity index (χ0n) is 14.5. The van der Waals surface area contributed by atoms with Crippen molar-refractivity contribution < 1.29 is 14.4 Å². The predicted octanol–water partition coefficient (Wildman–Crippen LogP) is 1.39. The summed E-state index contributed by atoms with van der Waals surface area (Å²) in [6, 6.07) is 5.70. The third-order valence-corrected chi connectivity index (χ3v) is 4.35. The number of rotatable bonds is 6. The molecule has 0 spiro atoms. The Hall–Kier alpha value is -2.37. The van der Waals surface area contributed by atoms with Crippen molar-refractivity contribution >= 4 is 23.4 Å². The van der Waals surface area contributed by atoms with Gasteiger partial charge in [0.25, 0.3) is 0 Å². The quantitative estimate of drug-likeness (QED) is 0.736. The Labute approximate surface area is 142 Å². The molecule has 1 aromatic carbocycles. The standard InChI is InChI=1S/C18H25N3O3/c1-4-5-15(22)20-11-16(23)21-14-7-6-12-9-18(2,17(24)19-3)10-13(12)8-14/h6-8H,4-5,9-11H2,1-3H3,(H,19,24)(H,20,22)(H,21,23). The molecule has 0 aromatic heterocycles. The van der Waals surface area contributed by atoms with Crippen molar-refractivity contribution in [3.63, 3.8) is 0 Å². The molecule has 1 aliphatic rings. The molecule has 0 fully saturated rings. The van der Waals surface area contributed by atoms with Crippen LogP contribution in [-0.4, -0.2) is 31.3 Å². The fourth-order valence-corrected chi connectivity index (χ4v) is 3.11. The molecule has 6 nitrogen and oxygen atoms in total. The molecule has 24 heavy (non-hydrogen) atoms. The molecule has 0 saturated heterocycles. The van der Waals surface area contributed by atoms with Gasteiger partial charge in [0.05, 0.1) is 12.0 Å². The van der Waals surface area contributed by atoms with Crippen LogP contribution in [0.3, 0.4) is 0 Å². The first-order chi connectivity index (χ1) is 11.4. The molecule has 0 bridgehead atoms. The molecular formula is C18H25N3O3. The van der Waals surface area contributed by atoms with Crippen LogP contribution in [0.2, 0.25) is 0 Å². The van der Waals surface area contributed by atoms with Gasteiger partial charge in [-0.15, -0.1) is 0 Å². The van der Waals surface area contributed by atoms with Gasteiger partial charge in [0.15, 0.2) is 0 Å². The molecule has 1 aromatic rings. The molecule has 0 radical (unpaired) electrons. The smallest absolute Gasteiger partial charge is 0.243 e. The zero-order valence-corrected chi connectivity index (χ0v) is 14.5. The van der Waals surface area contributed by atoms with Gasteiger partial charge in [-0.05, 0) is 42.5 Å². The number of fused-ring (bicyclic) bond motifs is 1. The van der Waals surface area contributed by atoms with E-state index in [1.165, 1.54) is 0 Å². The summed E-state index contributed by atoms with van der Waals surface area (Å²) in [5.74, 6) is -0.350. The molecule has 0 aliphatic heterocycles. The molecule has 1 unspecified atom stereocenters. The van der Waals surface area contributed by atoms with Crippen molar-refractivity contribution in [3.8, 4) is 0 Å². The van der Waals surface area contributed by atoms with Gasteiger partial charge >= 0.3 is 0 Å². The summed E-state index contributed by atoms with van der Waals surface area (Å²) < 4.78 is 0. The molecule has 1 aliphatic carbocycles. The highest BCUT2D eigenvalue weighted by Gasteiger charge is 2.38. The number of hydrogen-bond acceptors (Lipinski definition) is 3. The third kappa shape index (κ3) is 4.13. The number of nitrogens with one attached hydrogen (secondary N) is 3. The van der Waals surface area contributed by atoms with E-state index in [2.05, 4.69) is 16.0 Å². The zero-order chi connectivity index (χ0) is 17.7. The van der Waals surface area contributed by atoms with E-state index in [0.717, 1.165) is 17.5 Å². The van der Waals surface area contributed by atoms with Gasteiger partial charge in [0.1, 0.15) is 0 Å². The van der Waals surface area contributed by atoms with Gasteiger partial charge in [-0.1, -0.05) is 19.9 Å². The minimum atomic E-state index is -0.437. The lowest BCUT2D eigenvalue weighted by Gasteiger charge is -2.20. The van der Waals surface area contributed by atoms with Crippen LogP contribution in [0.5, 0.6) is 0 Å². The SMILES string of the molecule is CCCC(=O)NCC(=O)Nc1ccc2c(c1)CC(C)(C(=O)NC)C2. The van der Waals surface area contributed by atoms with Crippen LogP contribution >= 0.6 is 0 Å². The topological polar surface area (TPSA) is 87.3 Å². The van der Waals surface area contributed by atoms with Crippen molar-refractivity contribution in [2.45, 2.75) is 39.5 Å². The fourth-order valence-electron chi connectivity index (χ4n) is 3.11. The van der Waals surface area contributed by atoms with Crippen molar-refractivity contribution in [3.05, 3.63) is 29.3 Å². The third-order valence-electron chi connectivity index (χ3n) is 4.35. The summed E-state index contributed by atoms with van der Waals surface area (Å²) in [4.78, 5) is 35.3. The predicted molar refractivity (Wildman–Crippen MR) is 92.6 cm³/mol. The van der Waals surface area contributed by atoms with Gasteiger partial charge in [-0.3, -0.25) is 14.4 Å². The Morgan fingerprint density at radius 1 is 1.12 bits per heavy atom. The van der Waals surface area contributed by atoms with Crippen molar-refractivity contribution in [2.75, 3.05) is 18.9 Å². The number of benzene rings is 1. The summed E-state index contributed by atoms with van der Waals surface area (Å²) in [7, 11) is 1.65. The second-order valence-electron chi connectivity index (χ2n) is 6.55. The Bertz CT molecular complexity index is 657. The molecule has 0 saturated carbocycles. The van der Waals surface area contributed by atoms with Crippen LogP contribution in [0, 0.1) is 5.41 Å². The maximum absolute atomic E-state index is 12.0. The number of amides is 3. The second-order valence-corrected chi connectivity index (χ2v) is 6.55. The number of hydrogen-bond donors (Lipinski definition) is 3. The van der Waals surface area contributed by atoms with Crippen LogP contribution in [0.25, 0.3) is 0 Å². The van der Waals surface area contributed by atoms with Crippen LogP contribution < -0.4 is 16.0 Å². The summed E-state index contributed by atoms with van der Waals surface area (Å²) in [5, 5.41) is 8.09. The first kappa shape index (κ1) is 18.0.